The molecule has 1 amide bonds. The second-order valence-electron chi connectivity index (χ2n) is 8.81. The summed E-state index contributed by atoms with van der Waals surface area (Å²) in [7, 11) is 1.52. The van der Waals surface area contributed by atoms with Crippen LogP contribution in [0.1, 0.15) is 54.6 Å². The van der Waals surface area contributed by atoms with E-state index in [1.807, 2.05) is 37.3 Å². The molecule has 3 aromatic rings. The van der Waals surface area contributed by atoms with Crippen LogP contribution in [0.4, 0.5) is 11.6 Å². The molecule has 0 bridgehead atoms. The Kier molecular flexibility index (Phi) is 8.20. The standard InChI is InChI=1S/C28H31N5O5/c1-5-15-33-25-23(22(18-11-8-7-9-12-18)21(17(3)29-25)27(35)38-6-2)24(30-28(33)36)31-32-26(34)19-13-10-14-20(16-19)37-4/h7-14,16,21-22H,5-6,15H2,1-4H3,(H,32,34)(H,30,31,36). The SMILES string of the molecule is CCCn1c2c(c(NNC(=O)c3cccc(OC)c3)nc1=O)C(c1ccccc1)C(C(=O)OCC)C(C)=N2. The molecule has 2 heterocycles. The molecule has 10 heteroatoms. The zero-order chi connectivity index (χ0) is 27.2. The van der Waals surface area contributed by atoms with Gasteiger partial charge in [0.1, 0.15) is 17.5 Å². The third-order valence-corrected chi connectivity index (χ3v) is 6.34. The van der Waals surface area contributed by atoms with Crippen LogP contribution in [0, 0.1) is 5.92 Å². The number of carbonyl (C=O) groups is 2. The van der Waals surface area contributed by atoms with Crippen LogP contribution in [-0.4, -0.2) is 40.9 Å². The molecule has 0 fully saturated rings. The van der Waals surface area contributed by atoms with Gasteiger partial charge >= 0.3 is 11.7 Å². The first-order valence-corrected chi connectivity index (χ1v) is 12.5. The van der Waals surface area contributed by atoms with E-state index in [1.165, 1.54) is 11.7 Å². The minimum absolute atomic E-state index is 0.119. The van der Waals surface area contributed by atoms with Crippen molar-refractivity contribution in [2.45, 2.75) is 39.7 Å². The van der Waals surface area contributed by atoms with Crippen LogP contribution in [-0.2, 0) is 16.1 Å². The minimum Gasteiger partial charge on any atom is -0.497 e. The number of nitrogens with one attached hydrogen (secondary N) is 2. The molecular weight excluding hydrogens is 486 g/mol. The highest BCUT2D eigenvalue weighted by molar-refractivity contribution is 6.05. The second-order valence-corrected chi connectivity index (χ2v) is 8.81. The molecule has 10 nitrogen and oxygen atoms in total. The Morgan fingerprint density at radius 2 is 1.84 bits per heavy atom. The van der Waals surface area contributed by atoms with E-state index in [1.54, 1.807) is 38.1 Å². The summed E-state index contributed by atoms with van der Waals surface area (Å²) in [5.41, 5.74) is 7.19. The highest BCUT2D eigenvalue weighted by Gasteiger charge is 2.42. The van der Waals surface area contributed by atoms with Crippen molar-refractivity contribution in [3.8, 4) is 5.75 Å². The van der Waals surface area contributed by atoms with E-state index in [9.17, 15) is 14.4 Å². The lowest BCUT2D eigenvalue weighted by molar-refractivity contribution is -0.146. The van der Waals surface area contributed by atoms with E-state index in [4.69, 9.17) is 14.5 Å². The van der Waals surface area contributed by atoms with Gasteiger partial charge in [-0.1, -0.05) is 43.3 Å². The van der Waals surface area contributed by atoms with Gasteiger partial charge in [0.25, 0.3) is 5.91 Å². The molecule has 2 aromatic carbocycles. The molecule has 2 N–H and O–H groups in total. The Hall–Kier alpha value is -4.47. The van der Waals surface area contributed by atoms with Crippen LogP contribution in [0.25, 0.3) is 0 Å². The van der Waals surface area contributed by atoms with Crippen molar-refractivity contribution in [2.24, 2.45) is 10.9 Å². The van der Waals surface area contributed by atoms with E-state index in [0.717, 1.165) is 5.56 Å². The van der Waals surface area contributed by atoms with Crippen molar-refractivity contribution >= 4 is 29.2 Å². The Bertz CT molecular complexity index is 1420. The Morgan fingerprint density at radius 1 is 1.08 bits per heavy atom. The summed E-state index contributed by atoms with van der Waals surface area (Å²) in [6.45, 7) is 6.08. The van der Waals surface area contributed by atoms with Crippen LogP contribution in [0.15, 0.2) is 64.4 Å². The lowest BCUT2D eigenvalue weighted by Gasteiger charge is -2.33. The summed E-state index contributed by atoms with van der Waals surface area (Å²) in [5.74, 6) is -1.13. The summed E-state index contributed by atoms with van der Waals surface area (Å²) in [6.07, 6.45) is 0.680. The monoisotopic (exact) mass is 517 g/mol. The van der Waals surface area contributed by atoms with Gasteiger partial charge in [-0.2, -0.15) is 4.98 Å². The molecule has 0 aliphatic carbocycles. The van der Waals surface area contributed by atoms with Crippen LogP contribution >= 0.6 is 0 Å². The number of carbonyl (C=O) groups excluding carboxylic acids is 2. The van der Waals surface area contributed by atoms with Crippen molar-refractivity contribution in [2.75, 3.05) is 19.1 Å². The summed E-state index contributed by atoms with van der Waals surface area (Å²) in [4.78, 5) is 48.2. The van der Waals surface area contributed by atoms with Gasteiger partial charge in [0.05, 0.1) is 13.7 Å². The van der Waals surface area contributed by atoms with Gasteiger partial charge in [-0.15, -0.1) is 0 Å². The maximum atomic E-state index is 13.2. The van der Waals surface area contributed by atoms with Gasteiger partial charge in [-0.25, -0.2) is 9.79 Å². The van der Waals surface area contributed by atoms with Crippen LogP contribution < -0.4 is 21.3 Å². The summed E-state index contributed by atoms with van der Waals surface area (Å²) >= 11 is 0. The molecule has 0 radical (unpaired) electrons. The fraction of sp³-hybridized carbons (Fsp3) is 0.321. The van der Waals surface area contributed by atoms with Crippen molar-refractivity contribution < 1.29 is 19.1 Å². The predicted molar refractivity (Wildman–Crippen MR) is 144 cm³/mol. The number of anilines is 1. The molecule has 0 spiro atoms. The third kappa shape index (κ3) is 5.29. The Balaban J connectivity index is 1.85. The van der Waals surface area contributed by atoms with E-state index in [-0.39, 0.29) is 12.4 Å². The second kappa shape index (κ2) is 11.7. The van der Waals surface area contributed by atoms with Crippen molar-refractivity contribution in [1.82, 2.24) is 15.0 Å². The van der Waals surface area contributed by atoms with Gasteiger partial charge in [0.2, 0.25) is 0 Å². The minimum atomic E-state index is -0.742. The van der Waals surface area contributed by atoms with Gasteiger partial charge in [-0.05, 0) is 44.0 Å². The summed E-state index contributed by atoms with van der Waals surface area (Å²) in [6, 6.07) is 16.1. The zero-order valence-electron chi connectivity index (χ0n) is 21.9. The number of hydrogen-bond donors (Lipinski definition) is 2. The topological polar surface area (TPSA) is 124 Å². The average Bonchev–Trinajstić information content (AvgIpc) is 2.93. The van der Waals surface area contributed by atoms with Crippen molar-refractivity contribution in [1.29, 1.82) is 0 Å². The first-order chi connectivity index (χ1) is 18.4. The number of nitrogens with zero attached hydrogens (tertiary/aromatic N) is 3. The van der Waals surface area contributed by atoms with E-state index >= 15 is 0 Å². The van der Waals surface area contributed by atoms with Crippen LogP contribution in [0.3, 0.4) is 0 Å². The number of benzene rings is 2. The van der Waals surface area contributed by atoms with E-state index in [0.29, 0.717) is 41.4 Å². The average molecular weight is 518 g/mol. The fourth-order valence-corrected chi connectivity index (χ4v) is 4.64. The molecule has 0 saturated heterocycles. The molecule has 2 atom stereocenters. The molecule has 38 heavy (non-hydrogen) atoms. The summed E-state index contributed by atoms with van der Waals surface area (Å²) < 4.78 is 12.1. The quantitative estimate of drug-likeness (QED) is 0.326. The predicted octanol–water partition coefficient (Wildman–Crippen LogP) is 3.84. The van der Waals surface area contributed by atoms with Crippen LogP contribution in [0.2, 0.25) is 0 Å². The number of aromatic nitrogens is 2. The van der Waals surface area contributed by atoms with Crippen LogP contribution in [0.5, 0.6) is 5.75 Å². The number of aliphatic imine (C=N–C) groups is 1. The number of hydrazine groups is 1. The smallest absolute Gasteiger partial charge is 0.351 e. The van der Waals surface area contributed by atoms with Gasteiger partial charge in [0.15, 0.2) is 5.82 Å². The molecule has 1 aliphatic heterocycles. The zero-order valence-corrected chi connectivity index (χ0v) is 21.9. The molecule has 2 unspecified atom stereocenters. The normalized spacial score (nSPS) is 16.2. The first-order valence-electron chi connectivity index (χ1n) is 12.5. The Morgan fingerprint density at radius 3 is 2.53 bits per heavy atom. The van der Waals surface area contributed by atoms with Gasteiger partial charge in [-0.3, -0.25) is 25.0 Å². The first kappa shape index (κ1) is 26.6. The highest BCUT2D eigenvalue weighted by atomic mass is 16.5. The highest BCUT2D eigenvalue weighted by Crippen LogP contribution is 2.45. The van der Waals surface area contributed by atoms with Gasteiger partial charge in [0, 0.05) is 29.3 Å². The van der Waals surface area contributed by atoms with E-state index in [2.05, 4.69) is 15.8 Å². The maximum absolute atomic E-state index is 13.2. The third-order valence-electron chi connectivity index (χ3n) is 6.34. The number of esters is 1. The number of hydrogen-bond acceptors (Lipinski definition) is 8. The maximum Gasteiger partial charge on any atom is 0.351 e. The largest absolute Gasteiger partial charge is 0.497 e. The van der Waals surface area contributed by atoms with Gasteiger partial charge < -0.3 is 9.47 Å². The lowest BCUT2D eigenvalue weighted by atomic mass is 9.76. The van der Waals surface area contributed by atoms with Crippen molar-refractivity contribution in [3.05, 3.63) is 81.8 Å². The number of amides is 1. The van der Waals surface area contributed by atoms with E-state index < -0.39 is 29.4 Å². The number of fused-ring (bicyclic) bond motifs is 1. The molecule has 0 saturated carbocycles. The fourth-order valence-electron chi connectivity index (χ4n) is 4.64. The van der Waals surface area contributed by atoms with Crippen molar-refractivity contribution in [3.63, 3.8) is 0 Å². The molecule has 1 aliphatic rings. The number of methoxy groups -OCH3 is 1. The Labute approximate surface area is 220 Å². The molecular formula is C28H31N5O5. The number of rotatable bonds is 9. The molecule has 198 valence electrons. The molecule has 1 aromatic heterocycles. The molecule has 4 rings (SSSR count). The number of ether oxygens (including phenoxy) is 2. The summed E-state index contributed by atoms with van der Waals surface area (Å²) in [5, 5.41) is 0. The lowest BCUT2D eigenvalue weighted by Crippen LogP contribution is -2.39.